The quantitative estimate of drug-likeness (QED) is 0.842. The molecule has 2 aliphatic heterocycles. The van der Waals surface area contributed by atoms with E-state index in [4.69, 9.17) is 0 Å². The van der Waals surface area contributed by atoms with Crippen molar-refractivity contribution in [2.45, 2.75) is 40.0 Å². The summed E-state index contributed by atoms with van der Waals surface area (Å²) in [5, 5.41) is 0. The number of hydrogen-bond acceptors (Lipinski definition) is 2. The van der Waals surface area contributed by atoms with Crippen LogP contribution in [0, 0.1) is 25.7 Å². The fourth-order valence-electron chi connectivity index (χ4n) is 3.88. The van der Waals surface area contributed by atoms with Gasteiger partial charge in [0.25, 0.3) is 0 Å². The van der Waals surface area contributed by atoms with Gasteiger partial charge in [0.05, 0.1) is 5.92 Å². The lowest BCUT2D eigenvalue weighted by atomic mass is 9.98. The molecule has 2 atom stereocenters. The number of benzene rings is 1. The Morgan fingerprint density at radius 1 is 1.13 bits per heavy atom. The number of amides is 2. The second-order valence-corrected chi connectivity index (χ2v) is 7.28. The molecule has 4 nitrogen and oxygen atoms in total. The number of carbonyl (C=O) groups is 2. The second kappa shape index (κ2) is 6.34. The lowest BCUT2D eigenvalue weighted by Crippen LogP contribution is -2.43. The number of carbonyl (C=O) groups excluding carboxylic acids is 2. The smallest absolute Gasteiger partial charge is 0.228 e. The van der Waals surface area contributed by atoms with Gasteiger partial charge in [0.2, 0.25) is 11.8 Å². The van der Waals surface area contributed by atoms with E-state index in [1.165, 1.54) is 6.42 Å². The molecular weight excluding hydrogens is 288 g/mol. The van der Waals surface area contributed by atoms with Crippen molar-refractivity contribution in [3.8, 4) is 0 Å². The molecule has 0 aromatic heterocycles. The summed E-state index contributed by atoms with van der Waals surface area (Å²) in [5.41, 5.74) is 3.22. The molecule has 0 N–H and O–H groups in total. The van der Waals surface area contributed by atoms with Crippen molar-refractivity contribution in [3.63, 3.8) is 0 Å². The summed E-state index contributed by atoms with van der Waals surface area (Å²) in [6.45, 7) is 8.47. The zero-order valence-electron chi connectivity index (χ0n) is 14.3. The third kappa shape index (κ3) is 3.41. The first kappa shape index (κ1) is 16.0. The molecule has 1 aromatic rings. The number of hydrogen-bond donors (Lipinski definition) is 0. The molecule has 124 valence electrons. The predicted molar refractivity (Wildman–Crippen MR) is 91.4 cm³/mol. The standard InChI is InChI=1S/C19H26N2O2/c1-13-5-4-6-20(11-13)19(23)16-10-18(22)21(12-16)17-8-14(2)7-15(3)9-17/h7-9,13,16H,4-6,10-12H2,1-3H3/t13-,16+/m0/s1. The van der Waals surface area contributed by atoms with Gasteiger partial charge in [-0.1, -0.05) is 13.0 Å². The third-order valence-corrected chi connectivity index (χ3v) is 4.96. The Labute approximate surface area is 138 Å². The largest absolute Gasteiger partial charge is 0.342 e. The average molecular weight is 314 g/mol. The second-order valence-electron chi connectivity index (χ2n) is 7.28. The molecule has 1 aromatic carbocycles. The van der Waals surface area contributed by atoms with Crippen molar-refractivity contribution in [1.29, 1.82) is 0 Å². The number of aryl methyl sites for hydroxylation is 2. The Hall–Kier alpha value is -1.84. The highest BCUT2D eigenvalue weighted by Crippen LogP contribution is 2.29. The Balaban J connectivity index is 1.73. The lowest BCUT2D eigenvalue weighted by Gasteiger charge is -2.32. The summed E-state index contributed by atoms with van der Waals surface area (Å²) in [7, 11) is 0. The van der Waals surface area contributed by atoms with Gasteiger partial charge in [0, 0.05) is 31.7 Å². The molecule has 2 saturated heterocycles. The zero-order valence-corrected chi connectivity index (χ0v) is 14.3. The van der Waals surface area contributed by atoms with Gasteiger partial charge >= 0.3 is 0 Å². The number of likely N-dealkylation sites (tertiary alicyclic amines) is 1. The number of rotatable bonds is 2. The van der Waals surface area contributed by atoms with E-state index in [2.05, 4.69) is 13.0 Å². The molecule has 23 heavy (non-hydrogen) atoms. The van der Waals surface area contributed by atoms with Gasteiger partial charge in [0.1, 0.15) is 0 Å². The molecule has 3 rings (SSSR count). The molecule has 0 radical (unpaired) electrons. The highest BCUT2D eigenvalue weighted by molar-refractivity contribution is 6.00. The molecule has 0 aliphatic carbocycles. The SMILES string of the molecule is Cc1cc(C)cc(N2C[C@H](C(=O)N3CCC[C@H](C)C3)CC2=O)c1. The summed E-state index contributed by atoms with van der Waals surface area (Å²) in [4.78, 5) is 28.9. The minimum atomic E-state index is -0.186. The maximum Gasteiger partial charge on any atom is 0.228 e. The van der Waals surface area contributed by atoms with Crippen LogP contribution < -0.4 is 4.90 Å². The van der Waals surface area contributed by atoms with E-state index < -0.39 is 0 Å². The topological polar surface area (TPSA) is 40.6 Å². The lowest BCUT2D eigenvalue weighted by molar-refractivity contribution is -0.137. The maximum absolute atomic E-state index is 12.7. The van der Waals surface area contributed by atoms with Gasteiger partial charge in [0.15, 0.2) is 0 Å². The van der Waals surface area contributed by atoms with Gasteiger partial charge in [-0.3, -0.25) is 9.59 Å². The van der Waals surface area contributed by atoms with Crippen LogP contribution in [0.25, 0.3) is 0 Å². The van der Waals surface area contributed by atoms with Gasteiger partial charge in [-0.15, -0.1) is 0 Å². The van der Waals surface area contributed by atoms with Crippen LogP contribution in [0.2, 0.25) is 0 Å². The highest BCUT2D eigenvalue weighted by atomic mass is 16.2. The Morgan fingerprint density at radius 3 is 2.48 bits per heavy atom. The van der Waals surface area contributed by atoms with Crippen molar-refractivity contribution in [3.05, 3.63) is 29.3 Å². The molecule has 0 spiro atoms. The van der Waals surface area contributed by atoms with Crippen LogP contribution in [-0.4, -0.2) is 36.3 Å². The monoisotopic (exact) mass is 314 g/mol. The molecule has 2 aliphatic rings. The maximum atomic E-state index is 12.7. The average Bonchev–Trinajstić information content (AvgIpc) is 2.87. The number of piperidine rings is 1. The fourth-order valence-corrected chi connectivity index (χ4v) is 3.88. The summed E-state index contributed by atoms with van der Waals surface area (Å²) >= 11 is 0. The van der Waals surface area contributed by atoms with Crippen LogP contribution in [0.5, 0.6) is 0 Å². The normalized spacial score (nSPS) is 25.1. The first-order chi connectivity index (χ1) is 10.9. The summed E-state index contributed by atoms with van der Waals surface area (Å²) in [6.07, 6.45) is 2.62. The summed E-state index contributed by atoms with van der Waals surface area (Å²) in [5.74, 6) is 0.615. The molecule has 4 heteroatoms. The van der Waals surface area contributed by atoms with Crippen LogP contribution in [0.4, 0.5) is 5.69 Å². The molecule has 2 amide bonds. The van der Waals surface area contributed by atoms with Crippen molar-refractivity contribution >= 4 is 17.5 Å². The Bertz CT molecular complexity index is 606. The molecule has 0 saturated carbocycles. The van der Waals surface area contributed by atoms with Crippen LogP contribution in [0.3, 0.4) is 0 Å². The van der Waals surface area contributed by atoms with E-state index in [0.717, 1.165) is 36.3 Å². The van der Waals surface area contributed by atoms with E-state index in [1.807, 2.05) is 30.9 Å². The van der Waals surface area contributed by atoms with E-state index in [9.17, 15) is 9.59 Å². The van der Waals surface area contributed by atoms with Crippen LogP contribution in [-0.2, 0) is 9.59 Å². The molecule has 0 unspecified atom stereocenters. The van der Waals surface area contributed by atoms with Gasteiger partial charge in [-0.25, -0.2) is 0 Å². The molecule has 0 bridgehead atoms. The highest BCUT2D eigenvalue weighted by Gasteiger charge is 2.38. The first-order valence-electron chi connectivity index (χ1n) is 8.61. The van der Waals surface area contributed by atoms with Gasteiger partial charge in [-0.05, 0) is 55.9 Å². The van der Waals surface area contributed by atoms with Crippen molar-refractivity contribution < 1.29 is 9.59 Å². The molecule has 2 heterocycles. The third-order valence-electron chi connectivity index (χ3n) is 4.96. The Kier molecular flexibility index (Phi) is 4.42. The summed E-state index contributed by atoms with van der Waals surface area (Å²) in [6, 6.07) is 6.16. The van der Waals surface area contributed by atoms with Gasteiger partial charge in [-0.2, -0.15) is 0 Å². The van der Waals surface area contributed by atoms with E-state index in [0.29, 0.717) is 18.9 Å². The predicted octanol–water partition coefficient (Wildman–Crippen LogP) is 2.91. The van der Waals surface area contributed by atoms with E-state index >= 15 is 0 Å². The van der Waals surface area contributed by atoms with Gasteiger partial charge < -0.3 is 9.80 Å². The van der Waals surface area contributed by atoms with E-state index in [1.54, 1.807) is 4.90 Å². The van der Waals surface area contributed by atoms with Crippen molar-refractivity contribution in [1.82, 2.24) is 4.90 Å². The van der Waals surface area contributed by atoms with Crippen LogP contribution in [0.15, 0.2) is 18.2 Å². The Morgan fingerprint density at radius 2 is 1.83 bits per heavy atom. The fraction of sp³-hybridized carbons (Fsp3) is 0.579. The zero-order chi connectivity index (χ0) is 16.6. The minimum absolute atomic E-state index is 0.0680. The van der Waals surface area contributed by atoms with Crippen molar-refractivity contribution in [2.75, 3.05) is 24.5 Å². The first-order valence-corrected chi connectivity index (χ1v) is 8.61. The summed E-state index contributed by atoms with van der Waals surface area (Å²) < 4.78 is 0. The minimum Gasteiger partial charge on any atom is -0.342 e. The van der Waals surface area contributed by atoms with Crippen LogP contribution in [0.1, 0.15) is 37.3 Å². The van der Waals surface area contributed by atoms with Crippen LogP contribution >= 0.6 is 0 Å². The number of nitrogens with zero attached hydrogens (tertiary/aromatic N) is 2. The molecular formula is C19H26N2O2. The van der Waals surface area contributed by atoms with E-state index in [-0.39, 0.29) is 17.7 Å². The van der Waals surface area contributed by atoms with Crippen molar-refractivity contribution in [2.24, 2.45) is 11.8 Å². The number of anilines is 1. The molecule has 2 fully saturated rings.